The molecule has 31 heavy (non-hydrogen) atoms. The number of aliphatic hydroxyl groups excluding tert-OH is 1. The van der Waals surface area contributed by atoms with E-state index in [1.807, 2.05) is 0 Å². The number of benzene rings is 1. The Morgan fingerprint density at radius 2 is 1.94 bits per heavy atom. The number of aromatic nitrogens is 2. The van der Waals surface area contributed by atoms with Gasteiger partial charge < -0.3 is 10.4 Å². The van der Waals surface area contributed by atoms with Crippen LogP contribution in [0, 0.1) is 0 Å². The maximum Gasteiger partial charge on any atom is 0.435 e. The molecule has 1 aromatic carbocycles. The molecule has 12 heteroatoms. The Bertz CT molecular complexity index is 1030. The third-order valence-electron chi connectivity index (χ3n) is 5.16. The van der Waals surface area contributed by atoms with E-state index in [1.54, 1.807) is 0 Å². The van der Waals surface area contributed by atoms with E-state index in [2.05, 4.69) is 10.4 Å². The van der Waals surface area contributed by atoms with Gasteiger partial charge in [0, 0.05) is 38.0 Å². The first-order valence-electron chi connectivity index (χ1n) is 9.69. The van der Waals surface area contributed by atoms with Crippen molar-refractivity contribution < 1.29 is 31.5 Å². The summed E-state index contributed by atoms with van der Waals surface area (Å²) in [5.41, 5.74) is -1.24. The molecule has 1 atom stereocenters. The summed E-state index contributed by atoms with van der Waals surface area (Å²) in [6.45, 7) is 0.263. The average molecular weight is 460 g/mol. The molecule has 1 aromatic heterocycles. The van der Waals surface area contributed by atoms with Crippen molar-refractivity contribution in [1.29, 1.82) is 0 Å². The molecule has 3 rings (SSSR count). The lowest BCUT2D eigenvalue weighted by Gasteiger charge is -2.34. The molecule has 1 unspecified atom stereocenters. The van der Waals surface area contributed by atoms with Gasteiger partial charge in [-0.25, -0.2) is 8.42 Å². The molecule has 2 heterocycles. The van der Waals surface area contributed by atoms with Gasteiger partial charge in [0.05, 0.1) is 4.90 Å². The van der Waals surface area contributed by atoms with Crippen LogP contribution in [0.15, 0.2) is 35.2 Å². The molecular weight excluding hydrogens is 437 g/mol. The van der Waals surface area contributed by atoms with Gasteiger partial charge in [0.2, 0.25) is 10.0 Å². The number of sulfonamides is 1. The Morgan fingerprint density at radius 3 is 2.52 bits per heavy atom. The number of aryl methyl sites for hydroxylation is 1. The third kappa shape index (κ3) is 5.08. The highest BCUT2D eigenvalue weighted by molar-refractivity contribution is 7.89. The summed E-state index contributed by atoms with van der Waals surface area (Å²) in [6.07, 6.45) is -2.00. The molecule has 0 bridgehead atoms. The van der Waals surface area contributed by atoms with E-state index in [0.717, 1.165) is 17.5 Å². The lowest BCUT2D eigenvalue weighted by Crippen LogP contribution is -2.44. The summed E-state index contributed by atoms with van der Waals surface area (Å²) in [7, 11) is -2.56. The van der Waals surface area contributed by atoms with Crippen molar-refractivity contribution in [1.82, 2.24) is 14.1 Å². The first-order valence-corrected chi connectivity index (χ1v) is 11.1. The van der Waals surface area contributed by atoms with Crippen LogP contribution in [-0.4, -0.2) is 52.7 Å². The first kappa shape index (κ1) is 23.2. The van der Waals surface area contributed by atoms with E-state index in [1.165, 1.54) is 35.6 Å². The monoisotopic (exact) mass is 460 g/mol. The first-order chi connectivity index (χ1) is 14.5. The predicted octanol–water partition coefficient (Wildman–Crippen LogP) is 2.62. The number of aliphatic hydroxyl groups is 1. The van der Waals surface area contributed by atoms with Crippen LogP contribution >= 0.6 is 0 Å². The van der Waals surface area contributed by atoms with Gasteiger partial charge in [0.25, 0.3) is 5.91 Å². The SMILES string of the molecule is Cn1nc(C(F)(F)F)cc1C(=O)Nc1ccc(S(=O)(=O)N2CCCCC2CCO)cc1. The van der Waals surface area contributed by atoms with Crippen LogP contribution in [0.5, 0.6) is 0 Å². The zero-order valence-corrected chi connectivity index (χ0v) is 17.6. The standard InChI is InChI=1S/C19H23F3N4O4S/c1-25-16(12-17(24-25)19(20,21)22)18(28)23-13-5-7-15(8-6-13)31(29,30)26-10-3-2-4-14(26)9-11-27/h5-8,12,14,27H,2-4,9-11H2,1H3,(H,23,28). The van der Waals surface area contributed by atoms with E-state index in [-0.39, 0.29) is 28.9 Å². The number of amides is 1. The largest absolute Gasteiger partial charge is 0.435 e. The Morgan fingerprint density at radius 1 is 1.26 bits per heavy atom. The van der Waals surface area contributed by atoms with Crippen molar-refractivity contribution in [2.24, 2.45) is 7.05 Å². The molecule has 2 N–H and O–H groups in total. The van der Waals surface area contributed by atoms with Gasteiger partial charge in [-0.15, -0.1) is 0 Å². The van der Waals surface area contributed by atoms with Crippen LogP contribution in [0.4, 0.5) is 18.9 Å². The minimum Gasteiger partial charge on any atom is -0.396 e. The number of nitrogens with zero attached hydrogens (tertiary/aromatic N) is 3. The fourth-order valence-corrected chi connectivity index (χ4v) is 5.31. The fourth-order valence-electron chi connectivity index (χ4n) is 3.59. The molecule has 8 nitrogen and oxygen atoms in total. The zero-order valence-electron chi connectivity index (χ0n) is 16.8. The summed E-state index contributed by atoms with van der Waals surface area (Å²) in [5.74, 6) is -0.805. The molecule has 170 valence electrons. The van der Waals surface area contributed by atoms with Crippen LogP contribution in [0.25, 0.3) is 0 Å². The molecule has 0 aliphatic carbocycles. The van der Waals surface area contributed by atoms with Crippen LogP contribution in [0.1, 0.15) is 41.9 Å². The van der Waals surface area contributed by atoms with Gasteiger partial charge in [-0.1, -0.05) is 6.42 Å². The van der Waals surface area contributed by atoms with Crippen LogP contribution in [0.2, 0.25) is 0 Å². The van der Waals surface area contributed by atoms with Crippen molar-refractivity contribution in [3.63, 3.8) is 0 Å². The average Bonchev–Trinajstić information content (AvgIpc) is 3.11. The summed E-state index contributed by atoms with van der Waals surface area (Å²) in [4.78, 5) is 12.4. The van der Waals surface area contributed by atoms with Crippen molar-refractivity contribution in [2.45, 2.75) is 42.8 Å². The maximum atomic E-state index is 13.0. The minimum absolute atomic E-state index is 0.0372. The molecule has 1 fully saturated rings. The minimum atomic E-state index is -4.67. The second kappa shape index (κ2) is 8.97. The molecule has 0 saturated carbocycles. The second-order valence-corrected chi connectivity index (χ2v) is 9.18. The van der Waals surface area contributed by atoms with Crippen LogP contribution < -0.4 is 5.32 Å². The summed E-state index contributed by atoms with van der Waals surface area (Å²) < 4.78 is 66.6. The Labute approximate surface area is 177 Å². The molecule has 0 spiro atoms. The molecule has 1 amide bonds. The number of carbonyl (C=O) groups is 1. The number of rotatable bonds is 6. The lowest BCUT2D eigenvalue weighted by molar-refractivity contribution is -0.141. The van der Waals surface area contributed by atoms with Crippen LogP contribution in [-0.2, 0) is 23.2 Å². The van der Waals surface area contributed by atoms with E-state index in [4.69, 9.17) is 0 Å². The summed E-state index contributed by atoms with van der Waals surface area (Å²) >= 11 is 0. The highest BCUT2D eigenvalue weighted by atomic mass is 32.2. The maximum absolute atomic E-state index is 13.0. The molecular formula is C19H23F3N4O4S. The Balaban J connectivity index is 1.75. The number of alkyl halides is 3. The highest BCUT2D eigenvalue weighted by Gasteiger charge is 2.36. The number of carbonyl (C=O) groups excluding carboxylic acids is 1. The number of anilines is 1. The number of hydrogen-bond acceptors (Lipinski definition) is 5. The summed E-state index contributed by atoms with van der Waals surface area (Å²) in [5, 5.41) is 15.0. The Kier molecular flexibility index (Phi) is 6.72. The number of halogens is 3. The van der Waals surface area contributed by atoms with Gasteiger partial charge in [0.15, 0.2) is 5.69 Å². The molecule has 1 aliphatic heterocycles. The molecule has 0 radical (unpaired) electrons. The van der Waals surface area contributed by atoms with Crippen LogP contribution in [0.3, 0.4) is 0 Å². The van der Waals surface area contributed by atoms with E-state index >= 15 is 0 Å². The van der Waals surface area contributed by atoms with Gasteiger partial charge in [-0.3, -0.25) is 9.48 Å². The van der Waals surface area contributed by atoms with Crippen molar-refractivity contribution in [2.75, 3.05) is 18.5 Å². The quantitative estimate of drug-likeness (QED) is 0.690. The molecule has 2 aromatic rings. The number of hydrogen-bond donors (Lipinski definition) is 2. The number of piperidine rings is 1. The normalized spacial score (nSPS) is 18.2. The van der Waals surface area contributed by atoms with E-state index < -0.39 is 27.8 Å². The van der Waals surface area contributed by atoms with Gasteiger partial charge >= 0.3 is 6.18 Å². The van der Waals surface area contributed by atoms with Crippen molar-refractivity contribution >= 4 is 21.6 Å². The van der Waals surface area contributed by atoms with Gasteiger partial charge in [0.1, 0.15) is 5.69 Å². The van der Waals surface area contributed by atoms with E-state index in [0.29, 0.717) is 25.5 Å². The second-order valence-electron chi connectivity index (χ2n) is 7.29. The number of nitrogens with one attached hydrogen (secondary N) is 1. The fraction of sp³-hybridized carbons (Fsp3) is 0.474. The topological polar surface area (TPSA) is 105 Å². The smallest absolute Gasteiger partial charge is 0.396 e. The van der Waals surface area contributed by atoms with Crippen molar-refractivity contribution in [3.8, 4) is 0 Å². The van der Waals surface area contributed by atoms with E-state index in [9.17, 15) is 31.5 Å². The van der Waals surface area contributed by atoms with Crippen molar-refractivity contribution in [3.05, 3.63) is 41.7 Å². The third-order valence-corrected chi connectivity index (χ3v) is 7.12. The Hall–Kier alpha value is -2.44. The van der Waals surface area contributed by atoms with Gasteiger partial charge in [-0.05, 0) is 43.5 Å². The highest BCUT2D eigenvalue weighted by Crippen LogP contribution is 2.29. The van der Waals surface area contributed by atoms with Gasteiger partial charge in [-0.2, -0.15) is 22.6 Å². The lowest BCUT2D eigenvalue weighted by atomic mass is 10.0. The summed E-state index contributed by atoms with van der Waals surface area (Å²) in [6, 6.07) is 5.79. The predicted molar refractivity (Wildman–Crippen MR) is 106 cm³/mol. The zero-order chi connectivity index (χ0) is 22.8. The molecule has 1 aliphatic rings. The molecule has 1 saturated heterocycles.